The Morgan fingerprint density at radius 1 is 1.19 bits per heavy atom. The number of hydrogen-bond acceptors (Lipinski definition) is 5. The molecule has 0 amide bonds. The number of carbonyl (C=O) groups excluding carboxylic acids is 2. The van der Waals surface area contributed by atoms with Gasteiger partial charge in [0.05, 0.1) is 7.11 Å². The van der Waals surface area contributed by atoms with Crippen molar-refractivity contribution in [3.63, 3.8) is 0 Å². The molecule has 0 aromatic heterocycles. The Labute approximate surface area is 160 Å². The van der Waals surface area contributed by atoms with Gasteiger partial charge in [0.25, 0.3) is 0 Å². The molecule has 146 valence electrons. The SMILES string of the molecule is COc1cc(C=CC(=O)O[C@@H]2C[C@@H]3CC[C@@]2(C)C3(C)C)ccc1OC(C)=O. The summed E-state index contributed by atoms with van der Waals surface area (Å²) in [6.07, 6.45) is 6.40. The minimum atomic E-state index is -0.414. The molecule has 0 unspecified atom stereocenters. The van der Waals surface area contributed by atoms with E-state index in [2.05, 4.69) is 20.8 Å². The highest BCUT2D eigenvalue weighted by Crippen LogP contribution is 2.66. The van der Waals surface area contributed by atoms with Gasteiger partial charge in [0.2, 0.25) is 0 Å². The highest BCUT2D eigenvalue weighted by Gasteiger charge is 2.62. The van der Waals surface area contributed by atoms with Crippen molar-refractivity contribution in [1.29, 1.82) is 0 Å². The first-order valence-corrected chi connectivity index (χ1v) is 9.42. The molecule has 0 N–H and O–H groups in total. The summed E-state index contributed by atoms with van der Waals surface area (Å²) in [5.74, 6) is 0.669. The molecular formula is C22H28O5. The molecule has 2 saturated carbocycles. The van der Waals surface area contributed by atoms with Gasteiger partial charge in [-0.25, -0.2) is 4.79 Å². The van der Waals surface area contributed by atoms with Gasteiger partial charge in [-0.05, 0) is 54.4 Å². The van der Waals surface area contributed by atoms with Crippen LogP contribution in [0.15, 0.2) is 24.3 Å². The largest absolute Gasteiger partial charge is 0.493 e. The van der Waals surface area contributed by atoms with Crippen molar-refractivity contribution in [2.45, 2.75) is 53.1 Å². The molecule has 2 aliphatic rings. The Balaban J connectivity index is 1.66. The van der Waals surface area contributed by atoms with Gasteiger partial charge >= 0.3 is 11.9 Å². The van der Waals surface area contributed by atoms with E-state index in [0.717, 1.165) is 18.4 Å². The van der Waals surface area contributed by atoms with Gasteiger partial charge in [0.1, 0.15) is 6.10 Å². The number of benzene rings is 1. The first-order valence-electron chi connectivity index (χ1n) is 9.42. The van der Waals surface area contributed by atoms with Gasteiger partial charge in [-0.2, -0.15) is 0 Å². The first kappa shape index (κ1) is 19.5. The lowest BCUT2D eigenvalue weighted by Gasteiger charge is -2.38. The van der Waals surface area contributed by atoms with E-state index in [1.165, 1.54) is 26.5 Å². The van der Waals surface area contributed by atoms with E-state index in [-0.39, 0.29) is 22.9 Å². The molecule has 2 aliphatic carbocycles. The number of hydrogen-bond donors (Lipinski definition) is 0. The fourth-order valence-electron chi connectivity index (χ4n) is 4.68. The third-order valence-corrected chi connectivity index (χ3v) is 6.83. The van der Waals surface area contributed by atoms with Crippen molar-refractivity contribution in [2.24, 2.45) is 16.7 Å². The van der Waals surface area contributed by atoms with Crippen LogP contribution in [0.2, 0.25) is 0 Å². The predicted octanol–water partition coefficient (Wildman–Crippen LogP) is 4.39. The standard InChI is InChI=1S/C22H28O5/c1-14(23)26-17-8-6-15(12-18(17)25-5)7-9-20(24)27-19-13-16-10-11-22(19,4)21(16,2)3/h6-9,12,16,19H,10-11,13H2,1-5H3/t16-,19+,22+/m0/s1. The van der Waals surface area contributed by atoms with E-state index < -0.39 is 5.97 Å². The summed E-state index contributed by atoms with van der Waals surface area (Å²) in [5.41, 5.74) is 1.02. The number of fused-ring (bicyclic) bond motifs is 2. The molecule has 5 nitrogen and oxygen atoms in total. The van der Waals surface area contributed by atoms with Crippen molar-refractivity contribution in [1.82, 2.24) is 0 Å². The summed E-state index contributed by atoms with van der Waals surface area (Å²) in [7, 11) is 1.50. The van der Waals surface area contributed by atoms with Crippen molar-refractivity contribution >= 4 is 18.0 Å². The molecule has 0 saturated heterocycles. The second-order valence-electron chi connectivity index (χ2n) is 8.37. The van der Waals surface area contributed by atoms with E-state index >= 15 is 0 Å². The first-order chi connectivity index (χ1) is 12.7. The van der Waals surface area contributed by atoms with Gasteiger partial charge in [-0.1, -0.05) is 26.8 Å². The van der Waals surface area contributed by atoms with Crippen molar-refractivity contribution < 1.29 is 23.8 Å². The Hall–Kier alpha value is -2.30. The lowest BCUT2D eigenvalue weighted by atomic mass is 9.70. The minimum absolute atomic E-state index is 0.0238. The smallest absolute Gasteiger partial charge is 0.331 e. The number of carbonyl (C=O) groups is 2. The Kier molecular flexibility index (Phi) is 5.06. The van der Waals surface area contributed by atoms with Crippen LogP contribution in [0, 0.1) is 16.7 Å². The van der Waals surface area contributed by atoms with Crippen LogP contribution < -0.4 is 9.47 Å². The highest BCUT2D eigenvalue weighted by atomic mass is 16.6. The van der Waals surface area contributed by atoms with Gasteiger partial charge in [0.15, 0.2) is 11.5 Å². The summed E-state index contributed by atoms with van der Waals surface area (Å²) in [4.78, 5) is 23.5. The average Bonchev–Trinajstić information content (AvgIpc) is 2.94. The zero-order valence-corrected chi connectivity index (χ0v) is 16.7. The molecule has 1 aromatic carbocycles. The molecule has 3 atom stereocenters. The normalized spacial score (nSPS) is 28.3. The average molecular weight is 372 g/mol. The van der Waals surface area contributed by atoms with Crippen LogP contribution in [-0.2, 0) is 14.3 Å². The summed E-state index contributed by atoms with van der Waals surface area (Å²) < 4.78 is 16.1. The second-order valence-corrected chi connectivity index (χ2v) is 8.37. The maximum atomic E-state index is 12.4. The summed E-state index contributed by atoms with van der Waals surface area (Å²) in [5, 5.41) is 0. The maximum Gasteiger partial charge on any atom is 0.331 e. The highest BCUT2D eigenvalue weighted by molar-refractivity contribution is 5.87. The van der Waals surface area contributed by atoms with Crippen molar-refractivity contribution in [3.8, 4) is 11.5 Å². The van der Waals surface area contributed by atoms with Crippen LogP contribution in [0.5, 0.6) is 11.5 Å². The lowest BCUT2D eigenvalue weighted by molar-refractivity contribution is -0.150. The van der Waals surface area contributed by atoms with Gasteiger partial charge in [0, 0.05) is 18.4 Å². The van der Waals surface area contributed by atoms with E-state index in [1.807, 2.05) is 0 Å². The zero-order valence-electron chi connectivity index (χ0n) is 16.7. The van der Waals surface area contributed by atoms with E-state index in [1.54, 1.807) is 24.3 Å². The van der Waals surface area contributed by atoms with Crippen molar-refractivity contribution in [3.05, 3.63) is 29.8 Å². The molecular weight excluding hydrogens is 344 g/mol. The van der Waals surface area contributed by atoms with Crippen LogP contribution in [0.1, 0.15) is 52.5 Å². The fraction of sp³-hybridized carbons (Fsp3) is 0.545. The minimum Gasteiger partial charge on any atom is -0.493 e. The summed E-state index contributed by atoms with van der Waals surface area (Å²) >= 11 is 0. The molecule has 0 radical (unpaired) electrons. The van der Waals surface area contributed by atoms with E-state index in [9.17, 15) is 9.59 Å². The number of esters is 2. The molecule has 1 aromatic rings. The van der Waals surface area contributed by atoms with Gasteiger partial charge in [-0.3, -0.25) is 4.79 Å². The summed E-state index contributed by atoms with van der Waals surface area (Å²) in [6.45, 7) is 8.18. The lowest BCUT2D eigenvalue weighted by Crippen LogP contribution is -2.38. The third kappa shape index (κ3) is 3.47. The maximum absolute atomic E-state index is 12.4. The molecule has 0 heterocycles. The van der Waals surface area contributed by atoms with Crippen LogP contribution in [0.3, 0.4) is 0 Å². The quantitative estimate of drug-likeness (QED) is 0.436. The monoisotopic (exact) mass is 372 g/mol. The molecule has 5 heteroatoms. The fourth-order valence-corrected chi connectivity index (χ4v) is 4.68. The second kappa shape index (κ2) is 7.02. The zero-order chi connectivity index (χ0) is 19.8. The van der Waals surface area contributed by atoms with Crippen molar-refractivity contribution in [2.75, 3.05) is 7.11 Å². The Bertz CT molecular complexity index is 779. The van der Waals surface area contributed by atoms with Crippen LogP contribution in [0.4, 0.5) is 0 Å². The number of rotatable bonds is 5. The Morgan fingerprint density at radius 2 is 1.93 bits per heavy atom. The molecule has 0 spiro atoms. The molecule has 27 heavy (non-hydrogen) atoms. The van der Waals surface area contributed by atoms with Gasteiger partial charge < -0.3 is 14.2 Å². The molecule has 2 bridgehead atoms. The van der Waals surface area contributed by atoms with E-state index in [0.29, 0.717) is 17.4 Å². The van der Waals surface area contributed by atoms with Crippen LogP contribution >= 0.6 is 0 Å². The molecule has 0 aliphatic heterocycles. The van der Waals surface area contributed by atoms with E-state index in [4.69, 9.17) is 14.2 Å². The molecule has 2 fully saturated rings. The van der Waals surface area contributed by atoms with Crippen LogP contribution in [-0.4, -0.2) is 25.2 Å². The predicted molar refractivity (Wildman–Crippen MR) is 102 cm³/mol. The van der Waals surface area contributed by atoms with Gasteiger partial charge in [-0.15, -0.1) is 0 Å². The Morgan fingerprint density at radius 3 is 2.48 bits per heavy atom. The molecule has 3 rings (SSSR count). The van der Waals surface area contributed by atoms with Crippen LogP contribution in [0.25, 0.3) is 6.08 Å². The topological polar surface area (TPSA) is 61.8 Å². The summed E-state index contributed by atoms with van der Waals surface area (Å²) in [6, 6.07) is 5.11. The number of ether oxygens (including phenoxy) is 3. The number of methoxy groups -OCH3 is 1. The third-order valence-electron chi connectivity index (χ3n) is 6.83.